The molecular formula is C9H10N2O2. The number of azo groups is 1. The topological polar surface area (TPSA) is 65.2 Å². The minimum atomic E-state index is -0.932. The van der Waals surface area contributed by atoms with E-state index in [2.05, 4.69) is 10.2 Å². The van der Waals surface area contributed by atoms with E-state index in [0.29, 0.717) is 11.1 Å². The van der Waals surface area contributed by atoms with Crippen molar-refractivity contribution < 1.29 is 10.2 Å². The van der Waals surface area contributed by atoms with Crippen molar-refractivity contribution >= 4 is 0 Å². The number of aliphatic hydroxyl groups excluding tert-OH is 2. The predicted molar refractivity (Wildman–Crippen MR) is 46.0 cm³/mol. The van der Waals surface area contributed by atoms with Crippen molar-refractivity contribution in [2.24, 2.45) is 10.2 Å². The number of hydrogen-bond donors (Lipinski definition) is 2. The first kappa shape index (κ1) is 8.34. The van der Waals surface area contributed by atoms with Crippen LogP contribution in [0.4, 0.5) is 0 Å². The number of nitrogens with zero attached hydrogens (tertiary/aromatic N) is 2. The first-order chi connectivity index (χ1) is 6.18. The van der Waals surface area contributed by atoms with Crippen molar-refractivity contribution in [2.75, 3.05) is 0 Å². The monoisotopic (exact) mass is 178 g/mol. The molecule has 1 heterocycles. The summed E-state index contributed by atoms with van der Waals surface area (Å²) in [6.07, 6.45) is -1.86. The molecule has 1 aliphatic heterocycles. The Labute approximate surface area is 75.6 Å². The molecule has 1 aromatic carbocycles. The van der Waals surface area contributed by atoms with E-state index < -0.39 is 12.5 Å². The van der Waals surface area contributed by atoms with E-state index in [1.165, 1.54) is 0 Å². The molecule has 0 fully saturated rings. The SMILES string of the molecule is Cc1ccc2c(c1)C(O)N=NC2O. The first-order valence-electron chi connectivity index (χ1n) is 4.05. The molecule has 2 atom stereocenters. The van der Waals surface area contributed by atoms with E-state index in [9.17, 15) is 10.2 Å². The summed E-state index contributed by atoms with van der Waals surface area (Å²) in [4.78, 5) is 0. The third-order valence-corrected chi connectivity index (χ3v) is 2.08. The highest BCUT2D eigenvalue weighted by atomic mass is 16.3. The normalized spacial score (nSPS) is 25.8. The average Bonchev–Trinajstić information content (AvgIpc) is 2.12. The van der Waals surface area contributed by atoms with Crippen LogP contribution >= 0.6 is 0 Å². The lowest BCUT2D eigenvalue weighted by Gasteiger charge is -2.18. The van der Waals surface area contributed by atoms with Gasteiger partial charge in [0.2, 0.25) is 0 Å². The first-order valence-corrected chi connectivity index (χ1v) is 4.05. The maximum atomic E-state index is 9.43. The molecule has 68 valence electrons. The van der Waals surface area contributed by atoms with Gasteiger partial charge in [-0.25, -0.2) is 0 Å². The number of hydrogen-bond acceptors (Lipinski definition) is 4. The van der Waals surface area contributed by atoms with Crippen LogP contribution in [0.15, 0.2) is 28.4 Å². The van der Waals surface area contributed by atoms with E-state index in [0.717, 1.165) is 5.56 Å². The minimum Gasteiger partial charge on any atom is -0.366 e. The van der Waals surface area contributed by atoms with Gasteiger partial charge in [0.1, 0.15) is 0 Å². The van der Waals surface area contributed by atoms with Gasteiger partial charge in [0.25, 0.3) is 0 Å². The van der Waals surface area contributed by atoms with Crippen LogP contribution in [0.5, 0.6) is 0 Å². The second kappa shape index (κ2) is 2.90. The van der Waals surface area contributed by atoms with Crippen LogP contribution in [0.3, 0.4) is 0 Å². The summed E-state index contributed by atoms with van der Waals surface area (Å²) in [6, 6.07) is 5.44. The number of fused-ring (bicyclic) bond motifs is 1. The van der Waals surface area contributed by atoms with Gasteiger partial charge < -0.3 is 10.2 Å². The Hall–Kier alpha value is -1.26. The number of rotatable bonds is 0. The van der Waals surface area contributed by atoms with Gasteiger partial charge in [-0.2, -0.15) is 10.2 Å². The molecule has 4 nitrogen and oxygen atoms in total. The van der Waals surface area contributed by atoms with Crippen LogP contribution in [0.1, 0.15) is 29.1 Å². The largest absolute Gasteiger partial charge is 0.366 e. The van der Waals surface area contributed by atoms with E-state index in [1.807, 2.05) is 13.0 Å². The number of aryl methyl sites for hydroxylation is 1. The van der Waals surface area contributed by atoms with Gasteiger partial charge in [-0.05, 0) is 6.92 Å². The third kappa shape index (κ3) is 1.34. The van der Waals surface area contributed by atoms with E-state index in [1.54, 1.807) is 12.1 Å². The molecule has 1 aliphatic rings. The molecule has 0 saturated carbocycles. The van der Waals surface area contributed by atoms with Crippen molar-refractivity contribution in [3.63, 3.8) is 0 Å². The molecular weight excluding hydrogens is 168 g/mol. The molecule has 0 bridgehead atoms. The lowest BCUT2D eigenvalue weighted by Crippen LogP contribution is -2.08. The molecule has 0 amide bonds. The smallest absolute Gasteiger partial charge is 0.192 e. The third-order valence-electron chi connectivity index (χ3n) is 2.08. The molecule has 0 aliphatic carbocycles. The molecule has 1 aromatic rings. The zero-order valence-electron chi connectivity index (χ0n) is 7.18. The summed E-state index contributed by atoms with van der Waals surface area (Å²) < 4.78 is 0. The molecule has 0 radical (unpaired) electrons. The molecule has 4 heteroatoms. The fraction of sp³-hybridized carbons (Fsp3) is 0.333. The van der Waals surface area contributed by atoms with Crippen LogP contribution in [-0.2, 0) is 0 Å². The zero-order valence-corrected chi connectivity index (χ0v) is 7.18. The van der Waals surface area contributed by atoms with Crippen molar-refractivity contribution in [1.29, 1.82) is 0 Å². The van der Waals surface area contributed by atoms with Crippen LogP contribution in [0.2, 0.25) is 0 Å². The second-order valence-electron chi connectivity index (χ2n) is 3.11. The van der Waals surface area contributed by atoms with Gasteiger partial charge in [-0.15, -0.1) is 0 Å². The molecule has 13 heavy (non-hydrogen) atoms. The number of aliphatic hydroxyl groups is 2. The Morgan fingerprint density at radius 2 is 1.69 bits per heavy atom. The fourth-order valence-electron chi connectivity index (χ4n) is 1.40. The highest BCUT2D eigenvalue weighted by molar-refractivity contribution is 5.35. The molecule has 0 aromatic heterocycles. The Kier molecular flexibility index (Phi) is 1.86. The van der Waals surface area contributed by atoms with Gasteiger partial charge in [0.15, 0.2) is 12.5 Å². The summed E-state index contributed by atoms with van der Waals surface area (Å²) in [5.74, 6) is 0. The Balaban J connectivity index is 2.56. The van der Waals surface area contributed by atoms with Gasteiger partial charge in [0.05, 0.1) is 0 Å². The lowest BCUT2D eigenvalue weighted by atomic mass is 10.0. The highest BCUT2D eigenvalue weighted by Gasteiger charge is 2.21. The highest BCUT2D eigenvalue weighted by Crippen LogP contribution is 2.31. The Bertz CT molecular complexity index is 363. The maximum absolute atomic E-state index is 9.43. The quantitative estimate of drug-likeness (QED) is 0.631. The minimum absolute atomic E-state index is 0.633. The molecule has 2 unspecified atom stereocenters. The van der Waals surface area contributed by atoms with Crippen molar-refractivity contribution in [3.05, 3.63) is 34.9 Å². The Morgan fingerprint density at radius 3 is 2.38 bits per heavy atom. The zero-order chi connectivity index (χ0) is 9.42. The Morgan fingerprint density at radius 1 is 1.08 bits per heavy atom. The van der Waals surface area contributed by atoms with Gasteiger partial charge in [-0.3, -0.25) is 0 Å². The average molecular weight is 178 g/mol. The molecule has 2 rings (SSSR count). The van der Waals surface area contributed by atoms with Crippen molar-refractivity contribution in [2.45, 2.75) is 19.4 Å². The van der Waals surface area contributed by atoms with Gasteiger partial charge in [0, 0.05) is 11.1 Å². The van der Waals surface area contributed by atoms with Crippen LogP contribution in [0.25, 0.3) is 0 Å². The lowest BCUT2D eigenvalue weighted by molar-refractivity contribution is 0.118. The summed E-state index contributed by atoms with van der Waals surface area (Å²) in [5.41, 5.74) is 2.30. The van der Waals surface area contributed by atoms with E-state index in [-0.39, 0.29) is 0 Å². The number of benzene rings is 1. The summed E-state index contributed by atoms with van der Waals surface area (Å²) in [6.45, 7) is 1.92. The van der Waals surface area contributed by atoms with Crippen LogP contribution < -0.4 is 0 Å². The predicted octanol–water partition coefficient (Wildman–Crippen LogP) is 1.44. The van der Waals surface area contributed by atoms with Crippen LogP contribution in [0, 0.1) is 6.92 Å². The fourth-order valence-corrected chi connectivity index (χ4v) is 1.40. The second-order valence-corrected chi connectivity index (χ2v) is 3.11. The molecule has 0 saturated heterocycles. The molecule has 2 N–H and O–H groups in total. The maximum Gasteiger partial charge on any atom is 0.192 e. The van der Waals surface area contributed by atoms with Crippen LogP contribution in [-0.4, -0.2) is 10.2 Å². The van der Waals surface area contributed by atoms with Crippen molar-refractivity contribution in [1.82, 2.24) is 0 Å². The van der Waals surface area contributed by atoms with Crippen molar-refractivity contribution in [3.8, 4) is 0 Å². The van der Waals surface area contributed by atoms with E-state index >= 15 is 0 Å². The van der Waals surface area contributed by atoms with Gasteiger partial charge >= 0.3 is 0 Å². The summed E-state index contributed by atoms with van der Waals surface area (Å²) in [5, 5.41) is 25.9. The summed E-state index contributed by atoms with van der Waals surface area (Å²) >= 11 is 0. The summed E-state index contributed by atoms with van der Waals surface area (Å²) in [7, 11) is 0. The van der Waals surface area contributed by atoms with E-state index in [4.69, 9.17) is 0 Å². The molecule has 0 spiro atoms. The standard InChI is InChI=1S/C9H10N2O2/c1-5-2-3-6-7(4-5)9(13)11-10-8(6)12/h2-4,8-9,12-13H,1H3. The van der Waals surface area contributed by atoms with Gasteiger partial charge in [-0.1, -0.05) is 23.8 Å².